The minimum absolute atomic E-state index is 0.613. The van der Waals surface area contributed by atoms with Crippen LogP contribution in [0, 0.1) is 5.92 Å². The molecular formula is C17H23NS. The van der Waals surface area contributed by atoms with Gasteiger partial charge in [-0.1, -0.05) is 51.1 Å². The molecule has 0 bridgehead atoms. The largest absolute Gasteiger partial charge is 0.309 e. The van der Waals surface area contributed by atoms with Crippen molar-refractivity contribution in [3.05, 3.63) is 46.7 Å². The van der Waals surface area contributed by atoms with E-state index in [-0.39, 0.29) is 0 Å². The number of benzene rings is 1. The Bertz CT molecular complexity index is 487. The maximum Gasteiger partial charge on any atom is 0.0302 e. The maximum atomic E-state index is 3.66. The number of thiophene rings is 1. The van der Waals surface area contributed by atoms with Gasteiger partial charge in [-0.05, 0) is 34.9 Å². The molecule has 1 N–H and O–H groups in total. The average molecular weight is 273 g/mol. The van der Waals surface area contributed by atoms with E-state index in [1.807, 2.05) is 11.3 Å². The third-order valence-corrected chi connectivity index (χ3v) is 4.48. The third-order valence-electron chi connectivity index (χ3n) is 3.54. The lowest BCUT2D eigenvalue weighted by Crippen LogP contribution is -2.32. The molecule has 2 heteroatoms. The molecule has 1 unspecified atom stereocenters. The number of hydrogen-bond donors (Lipinski definition) is 1. The van der Waals surface area contributed by atoms with E-state index in [0.717, 1.165) is 6.54 Å². The zero-order chi connectivity index (χ0) is 13.7. The van der Waals surface area contributed by atoms with Gasteiger partial charge in [0.2, 0.25) is 0 Å². The lowest BCUT2D eigenvalue weighted by atomic mass is 10.0. The highest BCUT2D eigenvalue weighted by atomic mass is 32.1. The Morgan fingerprint density at radius 1 is 1.11 bits per heavy atom. The zero-order valence-corrected chi connectivity index (χ0v) is 12.8. The predicted molar refractivity (Wildman–Crippen MR) is 85.5 cm³/mol. The minimum Gasteiger partial charge on any atom is -0.309 e. The van der Waals surface area contributed by atoms with Gasteiger partial charge < -0.3 is 5.32 Å². The Hall–Kier alpha value is -1.12. The van der Waals surface area contributed by atoms with Gasteiger partial charge in [0.25, 0.3) is 0 Å². The zero-order valence-electron chi connectivity index (χ0n) is 12.0. The first-order valence-corrected chi connectivity index (χ1v) is 7.95. The highest BCUT2D eigenvalue weighted by molar-refractivity contribution is 7.10. The van der Waals surface area contributed by atoms with Crippen LogP contribution in [0.4, 0.5) is 0 Å². The molecule has 1 heterocycles. The fraction of sp³-hybridized carbons (Fsp3) is 0.412. The second-order valence-corrected chi connectivity index (χ2v) is 6.30. The van der Waals surface area contributed by atoms with Crippen molar-refractivity contribution in [3.8, 4) is 11.1 Å². The van der Waals surface area contributed by atoms with E-state index in [9.17, 15) is 0 Å². The molecule has 1 aromatic carbocycles. The normalized spacial score (nSPS) is 12.8. The first-order valence-electron chi connectivity index (χ1n) is 7.07. The van der Waals surface area contributed by atoms with Crippen LogP contribution in [0.5, 0.6) is 0 Å². The smallest absolute Gasteiger partial charge is 0.0302 e. The van der Waals surface area contributed by atoms with Crippen molar-refractivity contribution in [2.45, 2.75) is 39.8 Å². The van der Waals surface area contributed by atoms with Crippen molar-refractivity contribution >= 4 is 11.3 Å². The minimum atomic E-state index is 0.613. The first kappa shape index (κ1) is 14.3. The van der Waals surface area contributed by atoms with E-state index in [2.05, 4.69) is 67.9 Å². The summed E-state index contributed by atoms with van der Waals surface area (Å²) in [6, 6.07) is 13.5. The Kier molecular flexibility index (Phi) is 5.17. The quantitative estimate of drug-likeness (QED) is 0.786. The van der Waals surface area contributed by atoms with Gasteiger partial charge in [-0.15, -0.1) is 11.3 Å². The van der Waals surface area contributed by atoms with Gasteiger partial charge in [0.15, 0.2) is 0 Å². The molecule has 0 spiro atoms. The van der Waals surface area contributed by atoms with E-state index in [4.69, 9.17) is 0 Å². The van der Waals surface area contributed by atoms with Crippen molar-refractivity contribution < 1.29 is 0 Å². The summed E-state index contributed by atoms with van der Waals surface area (Å²) >= 11 is 1.85. The van der Waals surface area contributed by atoms with Crippen LogP contribution in [-0.4, -0.2) is 6.04 Å². The van der Waals surface area contributed by atoms with Gasteiger partial charge >= 0.3 is 0 Å². The molecule has 102 valence electrons. The van der Waals surface area contributed by atoms with E-state index in [1.54, 1.807) is 0 Å². The van der Waals surface area contributed by atoms with Crippen LogP contribution in [0.1, 0.15) is 32.1 Å². The maximum absolute atomic E-state index is 3.66. The van der Waals surface area contributed by atoms with Crippen molar-refractivity contribution in [1.29, 1.82) is 0 Å². The summed E-state index contributed by atoms with van der Waals surface area (Å²) in [6.07, 6.45) is 1.19. The van der Waals surface area contributed by atoms with Crippen LogP contribution in [0.15, 0.2) is 41.8 Å². The van der Waals surface area contributed by atoms with Crippen LogP contribution in [0.25, 0.3) is 11.1 Å². The Labute approximate surface area is 120 Å². The van der Waals surface area contributed by atoms with Gasteiger partial charge in [0.05, 0.1) is 0 Å². The average Bonchev–Trinajstić information content (AvgIpc) is 2.89. The molecule has 1 nitrogen and oxygen atoms in total. The molecule has 0 saturated heterocycles. The lowest BCUT2D eigenvalue weighted by Gasteiger charge is -2.20. The fourth-order valence-electron chi connectivity index (χ4n) is 2.34. The standard InChI is InChI=1S/C17H23NS/c1-4-17(13(2)3)18-11-16-10-15(12-19-16)14-8-6-5-7-9-14/h5-10,12-13,17-18H,4,11H2,1-3H3. The van der Waals surface area contributed by atoms with Crippen molar-refractivity contribution in [2.75, 3.05) is 0 Å². The molecular weight excluding hydrogens is 250 g/mol. The Balaban J connectivity index is 1.98. The summed E-state index contributed by atoms with van der Waals surface area (Å²) in [5.74, 6) is 0.693. The Morgan fingerprint density at radius 2 is 1.84 bits per heavy atom. The van der Waals surface area contributed by atoms with E-state index >= 15 is 0 Å². The first-order chi connectivity index (χ1) is 9.20. The molecule has 0 saturated carbocycles. The molecule has 0 radical (unpaired) electrons. The van der Waals surface area contributed by atoms with Crippen LogP contribution >= 0.6 is 11.3 Å². The van der Waals surface area contributed by atoms with E-state index < -0.39 is 0 Å². The van der Waals surface area contributed by atoms with Gasteiger partial charge in [-0.3, -0.25) is 0 Å². The molecule has 0 fully saturated rings. The molecule has 2 rings (SSSR count). The predicted octanol–water partition coefficient (Wildman–Crippen LogP) is 4.94. The van der Waals surface area contributed by atoms with Crippen LogP contribution in [0.2, 0.25) is 0 Å². The number of hydrogen-bond acceptors (Lipinski definition) is 2. The topological polar surface area (TPSA) is 12.0 Å². The fourth-order valence-corrected chi connectivity index (χ4v) is 3.18. The molecule has 1 atom stereocenters. The monoisotopic (exact) mass is 273 g/mol. The number of rotatable bonds is 6. The molecule has 0 aliphatic heterocycles. The van der Waals surface area contributed by atoms with Crippen molar-refractivity contribution in [2.24, 2.45) is 5.92 Å². The summed E-state index contributed by atoms with van der Waals surface area (Å²) in [4.78, 5) is 1.41. The van der Waals surface area contributed by atoms with Gasteiger partial charge in [0.1, 0.15) is 0 Å². The summed E-state index contributed by atoms with van der Waals surface area (Å²) in [7, 11) is 0. The molecule has 0 aliphatic rings. The third kappa shape index (κ3) is 3.92. The summed E-state index contributed by atoms with van der Waals surface area (Å²) in [6.45, 7) is 7.80. The lowest BCUT2D eigenvalue weighted by molar-refractivity contribution is 0.389. The second kappa shape index (κ2) is 6.88. The summed E-state index contributed by atoms with van der Waals surface area (Å²) in [5, 5.41) is 5.91. The number of nitrogens with one attached hydrogen (secondary N) is 1. The molecule has 2 aromatic rings. The SMILES string of the molecule is CCC(NCc1cc(-c2ccccc2)cs1)C(C)C. The summed E-state index contributed by atoms with van der Waals surface area (Å²) in [5.41, 5.74) is 2.64. The van der Waals surface area contributed by atoms with Gasteiger partial charge in [0, 0.05) is 17.5 Å². The second-order valence-electron chi connectivity index (χ2n) is 5.31. The van der Waals surface area contributed by atoms with E-state index in [1.165, 1.54) is 22.4 Å². The van der Waals surface area contributed by atoms with Crippen LogP contribution in [-0.2, 0) is 6.54 Å². The van der Waals surface area contributed by atoms with Crippen molar-refractivity contribution in [3.63, 3.8) is 0 Å². The van der Waals surface area contributed by atoms with Gasteiger partial charge in [-0.2, -0.15) is 0 Å². The van der Waals surface area contributed by atoms with Crippen LogP contribution < -0.4 is 5.32 Å². The summed E-state index contributed by atoms with van der Waals surface area (Å²) < 4.78 is 0. The van der Waals surface area contributed by atoms with Crippen LogP contribution in [0.3, 0.4) is 0 Å². The molecule has 1 aromatic heterocycles. The van der Waals surface area contributed by atoms with E-state index in [0.29, 0.717) is 12.0 Å². The Morgan fingerprint density at radius 3 is 2.47 bits per heavy atom. The molecule has 0 aliphatic carbocycles. The molecule has 19 heavy (non-hydrogen) atoms. The highest BCUT2D eigenvalue weighted by Crippen LogP contribution is 2.25. The molecule has 0 amide bonds. The highest BCUT2D eigenvalue weighted by Gasteiger charge is 2.10. The van der Waals surface area contributed by atoms with Crippen molar-refractivity contribution in [1.82, 2.24) is 5.32 Å². The van der Waals surface area contributed by atoms with Gasteiger partial charge in [-0.25, -0.2) is 0 Å².